The second kappa shape index (κ2) is 9.35. The average molecular weight is 326 g/mol. The van der Waals surface area contributed by atoms with Gasteiger partial charge in [0.1, 0.15) is 11.4 Å². The van der Waals surface area contributed by atoms with Crippen molar-refractivity contribution in [3.63, 3.8) is 0 Å². The normalized spacial score (nSPS) is 12.6. The van der Waals surface area contributed by atoms with Gasteiger partial charge in [0.05, 0.1) is 6.61 Å². The number of carbonyl (C=O) groups excluding carboxylic acids is 1. The van der Waals surface area contributed by atoms with Crippen LogP contribution in [0.1, 0.15) is 33.6 Å². The molecule has 1 aromatic carbocycles. The maximum atomic E-state index is 12.9. The van der Waals surface area contributed by atoms with Crippen LogP contribution in [0, 0.1) is 5.82 Å². The minimum absolute atomic E-state index is 0.0888. The van der Waals surface area contributed by atoms with E-state index in [-0.39, 0.29) is 11.9 Å². The van der Waals surface area contributed by atoms with Crippen molar-refractivity contribution in [3.8, 4) is 0 Å². The molecule has 0 fully saturated rings. The van der Waals surface area contributed by atoms with Crippen LogP contribution in [-0.4, -0.2) is 38.0 Å². The fourth-order valence-corrected chi connectivity index (χ4v) is 2.03. The zero-order valence-electron chi connectivity index (χ0n) is 14.3. The molecule has 0 radical (unpaired) electrons. The summed E-state index contributed by atoms with van der Waals surface area (Å²) < 4.78 is 23.3. The Hall–Kier alpha value is -1.82. The summed E-state index contributed by atoms with van der Waals surface area (Å²) in [5.74, 6) is -0.264. The van der Waals surface area contributed by atoms with Crippen molar-refractivity contribution in [1.29, 1.82) is 0 Å². The Kier molecular flexibility index (Phi) is 7.81. The number of anilines is 1. The van der Waals surface area contributed by atoms with Crippen LogP contribution in [0.3, 0.4) is 0 Å². The third-order valence-electron chi connectivity index (χ3n) is 2.98. The summed E-state index contributed by atoms with van der Waals surface area (Å²) in [6.07, 6.45) is 1.18. The standard InChI is InChI=1S/C17H27FN2O3/c1-17(2,3)23-16(21)19-11-5-6-15(12-22-4)20-14-9-7-13(18)8-10-14/h7-10,15,20H,5-6,11-12H2,1-4H3,(H,19,21). The number of rotatable bonds is 8. The minimum Gasteiger partial charge on any atom is -0.444 e. The molecule has 0 bridgehead atoms. The fraction of sp³-hybridized carbons (Fsp3) is 0.588. The summed E-state index contributed by atoms with van der Waals surface area (Å²) in [6.45, 7) is 6.54. The molecular weight excluding hydrogens is 299 g/mol. The Bertz CT molecular complexity index is 472. The first-order chi connectivity index (χ1) is 10.8. The molecule has 1 amide bonds. The number of amides is 1. The van der Waals surface area contributed by atoms with Gasteiger partial charge in [0, 0.05) is 25.4 Å². The Labute approximate surface area is 137 Å². The second-order valence-corrected chi connectivity index (χ2v) is 6.37. The predicted molar refractivity (Wildman–Crippen MR) is 89.2 cm³/mol. The summed E-state index contributed by atoms with van der Waals surface area (Å²) >= 11 is 0. The average Bonchev–Trinajstić information content (AvgIpc) is 2.44. The number of carbonyl (C=O) groups is 1. The van der Waals surface area contributed by atoms with Gasteiger partial charge >= 0.3 is 6.09 Å². The number of hydrogen-bond donors (Lipinski definition) is 2. The topological polar surface area (TPSA) is 59.6 Å². The van der Waals surface area contributed by atoms with Crippen molar-refractivity contribution >= 4 is 11.8 Å². The van der Waals surface area contributed by atoms with Crippen LogP contribution in [0.15, 0.2) is 24.3 Å². The molecule has 0 spiro atoms. The molecule has 130 valence electrons. The Morgan fingerprint density at radius 3 is 2.48 bits per heavy atom. The van der Waals surface area contributed by atoms with Crippen LogP contribution in [0.2, 0.25) is 0 Å². The first-order valence-electron chi connectivity index (χ1n) is 7.78. The monoisotopic (exact) mass is 326 g/mol. The fourth-order valence-electron chi connectivity index (χ4n) is 2.03. The Morgan fingerprint density at radius 1 is 1.26 bits per heavy atom. The zero-order valence-corrected chi connectivity index (χ0v) is 14.3. The Morgan fingerprint density at radius 2 is 1.91 bits per heavy atom. The molecule has 0 aliphatic rings. The lowest BCUT2D eigenvalue weighted by molar-refractivity contribution is 0.0526. The van der Waals surface area contributed by atoms with E-state index >= 15 is 0 Å². The highest BCUT2D eigenvalue weighted by molar-refractivity contribution is 5.67. The van der Waals surface area contributed by atoms with Crippen molar-refractivity contribution in [2.24, 2.45) is 0 Å². The van der Waals surface area contributed by atoms with E-state index < -0.39 is 11.7 Å². The van der Waals surface area contributed by atoms with Gasteiger partial charge in [0.15, 0.2) is 0 Å². The number of methoxy groups -OCH3 is 1. The van der Waals surface area contributed by atoms with Crippen molar-refractivity contribution in [3.05, 3.63) is 30.1 Å². The number of nitrogens with one attached hydrogen (secondary N) is 2. The van der Waals surface area contributed by atoms with Crippen molar-refractivity contribution < 1.29 is 18.7 Å². The molecule has 1 rings (SSSR count). The summed E-state index contributed by atoms with van der Waals surface area (Å²) in [6, 6.07) is 6.30. The lowest BCUT2D eigenvalue weighted by Gasteiger charge is -2.21. The van der Waals surface area contributed by atoms with Crippen LogP contribution in [0.4, 0.5) is 14.9 Å². The first kappa shape index (κ1) is 19.2. The van der Waals surface area contributed by atoms with Gasteiger partial charge in [-0.1, -0.05) is 0 Å². The molecule has 0 saturated carbocycles. The number of halogens is 1. The number of benzene rings is 1. The third-order valence-corrected chi connectivity index (χ3v) is 2.98. The van der Waals surface area contributed by atoms with E-state index in [4.69, 9.17) is 9.47 Å². The summed E-state index contributed by atoms with van der Waals surface area (Å²) in [4.78, 5) is 11.5. The molecular formula is C17H27FN2O3. The number of ether oxygens (including phenoxy) is 2. The molecule has 0 aromatic heterocycles. The second-order valence-electron chi connectivity index (χ2n) is 6.37. The largest absolute Gasteiger partial charge is 0.444 e. The summed E-state index contributed by atoms with van der Waals surface area (Å²) in [5, 5.41) is 6.03. The van der Waals surface area contributed by atoms with Crippen molar-refractivity contribution in [2.45, 2.75) is 45.3 Å². The van der Waals surface area contributed by atoms with Gasteiger partial charge in [-0.15, -0.1) is 0 Å². The molecule has 0 heterocycles. The van der Waals surface area contributed by atoms with E-state index in [1.165, 1.54) is 12.1 Å². The van der Waals surface area contributed by atoms with Gasteiger partial charge in [0.25, 0.3) is 0 Å². The maximum absolute atomic E-state index is 12.9. The Balaban J connectivity index is 2.33. The summed E-state index contributed by atoms with van der Waals surface area (Å²) in [5.41, 5.74) is 0.348. The molecule has 23 heavy (non-hydrogen) atoms. The van der Waals surface area contributed by atoms with Crippen LogP contribution in [-0.2, 0) is 9.47 Å². The van der Waals surface area contributed by atoms with Gasteiger partial charge in [-0.05, 0) is 57.9 Å². The molecule has 0 aliphatic carbocycles. The van der Waals surface area contributed by atoms with Crippen LogP contribution < -0.4 is 10.6 Å². The molecule has 5 nitrogen and oxygen atoms in total. The van der Waals surface area contributed by atoms with Gasteiger partial charge in [-0.3, -0.25) is 0 Å². The quantitative estimate of drug-likeness (QED) is 0.717. The molecule has 1 atom stereocenters. The van der Waals surface area contributed by atoms with Gasteiger partial charge in [-0.25, -0.2) is 9.18 Å². The van der Waals surface area contributed by atoms with E-state index in [1.807, 2.05) is 20.8 Å². The minimum atomic E-state index is -0.493. The molecule has 1 unspecified atom stereocenters. The van der Waals surface area contributed by atoms with E-state index in [1.54, 1.807) is 19.2 Å². The predicted octanol–water partition coefficient (Wildman–Crippen LogP) is 3.56. The smallest absolute Gasteiger partial charge is 0.407 e. The zero-order chi connectivity index (χ0) is 17.3. The molecule has 0 aliphatic heterocycles. The lowest BCUT2D eigenvalue weighted by atomic mass is 10.1. The molecule has 0 saturated heterocycles. The maximum Gasteiger partial charge on any atom is 0.407 e. The molecule has 2 N–H and O–H groups in total. The van der Waals surface area contributed by atoms with E-state index in [0.29, 0.717) is 13.2 Å². The highest BCUT2D eigenvalue weighted by Gasteiger charge is 2.15. The first-order valence-corrected chi connectivity index (χ1v) is 7.78. The number of alkyl carbamates (subject to hydrolysis) is 1. The van der Waals surface area contributed by atoms with Gasteiger partial charge < -0.3 is 20.1 Å². The number of hydrogen-bond acceptors (Lipinski definition) is 4. The highest BCUT2D eigenvalue weighted by atomic mass is 19.1. The highest BCUT2D eigenvalue weighted by Crippen LogP contribution is 2.12. The van der Waals surface area contributed by atoms with Crippen molar-refractivity contribution in [1.82, 2.24) is 5.32 Å². The van der Waals surface area contributed by atoms with Crippen LogP contribution >= 0.6 is 0 Å². The van der Waals surface area contributed by atoms with E-state index in [9.17, 15) is 9.18 Å². The molecule has 1 aromatic rings. The van der Waals surface area contributed by atoms with Crippen LogP contribution in [0.5, 0.6) is 0 Å². The third kappa shape index (κ3) is 9.03. The van der Waals surface area contributed by atoms with Crippen molar-refractivity contribution in [2.75, 3.05) is 25.6 Å². The van der Waals surface area contributed by atoms with Gasteiger partial charge in [0.2, 0.25) is 0 Å². The van der Waals surface area contributed by atoms with Crippen LogP contribution in [0.25, 0.3) is 0 Å². The lowest BCUT2D eigenvalue weighted by Crippen LogP contribution is -2.33. The molecule has 6 heteroatoms. The van der Waals surface area contributed by atoms with Gasteiger partial charge in [-0.2, -0.15) is 0 Å². The SMILES string of the molecule is COCC(CCCNC(=O)OC(C)(C)C)Nc1ccc(F)cc1. The van der Waals surface area contributed by atoms with E-state index in [2.05, 4.69) is 10.6 Å². The summed E-state index contributed by atoms with van der Waals surface area (Å²) in [7, 11) is 1.64. The van der Waals surface area contributed by atoms with E-state index in [0.717, 1.165) is 18.5 Å².